The number of nitrogens with zero attached hydrogens (tertiary/aromatic N) is 1. The molecule has 3 fully saturated rings. The SMILES string of the molecule is O=C1NC(=O)C2(CCCC2)C(=O)N1C1CCS(=O)(=O)C1. The lowest BCUT2D eigenvalue weighted by Crippen LogP contribution is -2.65. The second-order valence-corrected chi connectivity index (χ2v) is 8.01. The summed E-state index contributed by atoms with van der Waals surface area (Å²) in [5.41, 5.74) is -1.15. The van der Waals surface area contributed by atoms with E-state index in [1.165, 1.54) is 0 Å². The van der Waals surface area contributed by atoms with Crippen molar-refractivity contribution in [3.63, 3.8) is 0 Å². The van der Waals surface area contributed by atoms with Gasteiger partial charge in [0.2, 0.25) is 11.8 Å². The number of rotatable bonds is 1. The first-order valence-electron chi connectivity index (χ1n) is 6.75. The van der Waals surface area contributed by atoms with Crippen LogP contribution in [-0.2, 0) is 19.4 Å². The van der Waals surface area contributed by atoms with E-state index in [2.05, 4.69) is 5.32 Å². The topological polar surface area (TPSA) is 101 Å². The summed E-state index contributed by atoms with van der Waals surface area (Å²) in [5.74, 6) is -1.25. The number of carbonyl (C=O) groups is 3. The number of sulfone groups is 1. The zero-order valence-corrected chi connectivity index (χ0v) is 11.7. The Morgan fingerprint density at radius 3 is 2.35 bits per heavy atom. The molecule has 20 heavy (non-hydrogen) atoms. The molecule has 1 saturated carbocycles. The van der Waals surface area contributed by atoms with Gasteiger partial charge in [-0.05, 0) is 19.3 Å². The Balaban J connectivity index is 1.93. The Labute approximate surface area is 116 Å². The number of hydrogen-bond donors (Lipinski definition) is 1. The van der Waals surface area contributed by atoms with Crippen molar-refractivity contribution in [3.05, 3.63) is 0 Å². The van der Waals surface area contributed by atoms with E-state index in [0.717, 1.165) is 17.7 Å². The van der Waals surface area contributed by atoms with Gasteiger partial charge in [0.15, 0.2) is 9.84 Å². The van der Waals surface area contributed by atoms with E-state index in [1.807, 2.05) is 0 Å². The summed E-state index contributed by atoms with van der Waals surface area (Å²) < 4.78 is 23.1. The molecule has 1 atom stereocenters. The van der Waals surface area contributed by atoms with Gasteiger partial charge in [-0.3, -0.25) is 19.8 Å². The molecule has 0 aromatic rings. The molecule has 4 amide bonds. The second-order valence-electron chi connectivity index (χ2n) is 5.78. The molecule has 2 saturated heterocycles. The predicted octanol–water partition coefficient (Wildman–Crippen LogP) is -0.188. The largest absolute Gasteiger partial charge is 0.331 e. The van der Waals surface area contributed by atoms with Crippen LogP contribution in [0.25, 0.3) is 0 Å². The highest BCUT2D eigenvalue weighted by molar-refractivity contribution is 7.91. The third kappa shape index (κ3) is 1.85. The predicted molar refractivity (Wildman–Crippen MR) is 68.3 cm³/mol. The summed E-state index contributed by atoms with van der Waals surface area (Å²) in [4.78, 5) is 37.6. The Bertz CT molecular complexity index is 591. The maximum absolute atomic E-state index is 12.6. The van der Waals surface area contributed by atoms with E-state index >= 15 is 0 Å². The zero-order valence-electron chi connectivity index (χ0n) is 10.9. The third-order valence-electron chi connectivity index (χ3n) is 4.53. The van der Waals surface area contributed by atoms with Crippen molar-refractivity contribution in [1.29, 1.82) is 0 Å². The Morgan fingerprint density at radius 1 is 1.15 bits per heavy atom. The maximum Gasteiger partial charge on any atom is 0.331 e. The molecule has 3 aliphatic rings. The molecular weight excluding hydrogens is 284 g/mol. The lowest BCUT2D eigenvalue weighted by atomic mass is 9.81. The molecule has 1 spiro atoms. The van der Waals surface area contributed by atoms with Crippen LogP contribution in [0.15, 0.2) is 0 Å². The Morgan fingerprint density at radius 2 is 1.80 bits per heavy atom. The molecule has 110 valence electrons. The van der Waals surface area contributed by atoms with E-state index in [1.54, 1.807) is 0 Å². The van der Waals surface area contributed by atoms with Crippen molar-refractivity contribution in [2.45, 2.75) is 38.1 Å². The van der Waals surface area contributed by atoms with Crippen LogP contribution in [0.5, 0.6) is 0 Å². The van der Waals surface area contributed by atoms with Crippen LogP contribution in [0.3, 0.4) is 0 Å². The molecule has 2 aliphatic heterocycles. The number of nitrogens with one attached hydrogen (secondary N) is 1. The highest BCUT2D eigenvalue weighted by atomic mass is 32.2. The van der Waals surface area contributed by atoms with Gasteiger partial charge in [-0.25, -0.2) is 13.2 Å². The van der Waals surface area contributed by atoms with Crippen LogP contribution in [0.4, 0.5) is 4.79 Å². The molecule has 2 heterocycles. The van der Waals surface area contributed by atoms with Crippen molar-refractivity contribution >= 4 is 27.7 Å². The van der Waals surface area contributed by atoms with Gasteiger partial charge in [0.25, 0.3) is 0 Å². The fourth-order valence-electron chi connectivity index (χ4n) is 3.43. The summed E-state index contributed by atoms with van der Waals surface area (Å²) in [6.45, 7) is 0. The minimum Gasteiger partial charge on any atom is -0.277 e. The number of urea groups is 1. The average Bonchev–Trinajstić information content (AvgIpc) is 2.95. The minimum absolute atomic E-state index is 0.0182. The number of barbiturate groups is 1. The van der Waals surface area contributed by atoms with Crippen LogP contribution in [-0.4, -0.2) is 48.7 Å². The quantitative estimate of drug-likeness (QED) is 0.677. The fraction of sp³-hybridized carbons (Fsp3) is 0.750. The second kappa shape index (κ2) is 4.28. The van der Waals surface area contributed by atoms with Gasteiger partial charge in [-0.2, -0.15) is 0 Å². The number of amides is 4. The Kier molecular flexibility index (Phi) is 2.89. The van der Waals surface area contributed by atoms with Crippen molar-refractivity contribution in [1.82, 2.24) is 10.2 Å². The molecule has 0 bridgehead atoms. The van der Waals surface area contributed by atoms with Crippen LogP contribution in [0.2, 0.25) is 0 Å². The smallest absolute Gasteiger partial charge is 0.277 e. The standard InChI is InChI=1S/C12H16N2O5S/c15-9-12(4-1-2-5-12)10(16)14(11(17)13-9)8-3-6-20(18,19)7-8/h8H,1-7H2,(H,13,15,17). The number of imide groups is 2. The first-order chi connectivity index (χ1) is 9.36. The summed E-state index contributed by atoms with van der Waals surface area (Å²) in [7, 11) is -3.20. The van der Waals surface area contributed by atoms with E-state index in [0.29, 0.717) is 12.8 Å². The van der Waals surface area contributed by atoms with Crippen LogP contribution < -0.4 is 5.32 Å². The van der Waals surface area contributed by atoms with Gasteiger partial charge in [-0.15, -0.1) is 0 Å². The van der Waals surface area contributed by atoms with Gasteiger partial charge in [0.1, 0.15) is 5.41 Å². The van der Waals surface area contributed by atoms with E-state index in [4.69, 9.17) is 0 Å². The van der Waals surface area contributed by atoms with Crippen molar-refractivity contribution in [2.75, 3.05) is 11.5 Å². The monoisotopic (exact) mass is 300 g/mol. The first kappa shape index (κ1) is 13.5. The normalized spacial score (nSPS) is 31.9. The van der Waals surface area contributed by atoms with Crippen LogP contribution in [0, 0.1) is 5.41 Å². The maximum atomic E-state index is 12.6. The Hall–Kier alpha value is -1.44. The molecule has 0 aromatic carbocycles. The molecule has 3 rings (SSSR count). The van der Waals surface area contributed by atoms with Crippen LogP contribution in [0.1, 0.15) is 32.1 Å². The molecule has 1 N–H and O–H groups in total. The summed E-state index contributed by atoms with van der Waals surface area (Å²) in [6, 6.07) is -1.42. The van der Waals surface area contributed by atoms with Crippen molar-refractivity contribution in [2.24, 2.45) is 5.41 Å². The average molecular weight is 300 g/mol. The third-order valence-corrected chi connectivity index (χ3v) is 6.28. The molecule has 0 aromatic heterocycles. The molecule has 7 nitrogen and oxygen atoms in total. The van der Waals surface area contributed by atoms with Gasteiger partial charge < -0.3 is 0 Å². The lowest BCUT2D eigenvalue weighted by molar-refractivity contribution is -0.152. The summed E-state index contributed by atoms with van der Waals surface area (Å²) in [6.07, 6.45) is 2.65. The van der Waals surface area contributed by atoms with E-state index in [9.17, 15) is 22.8 Å². The molecular formula is C12H16N2O5S. The molecule has 8 heteroatoms. The van der Waals surface area contributed by atoms with Gasteiger partial charge in [0.05, 0.1) is 17.5 Å². The van der Waals surface area contributed by atoms with Gasteiger partial charge in [0, 0.05) is 0 Å². The molecule has 1 aliphatic carbocycles. The molecule has 0 radical (unpaired) electrons. The van der Waals surface area contributed by atoms with E-state index in [-0.39, 0.29) is 17.9 Å². The van der Waals surface area contributed by atoms with Crippen molar-refractivity contribution in [3.8, 4) is 0 Å². The van der Waals surface area contributed by atoms with Crippen molar-refractivity contribution < 1.29 is 22.8 Å². The molecule has 1 unspecified atom stereocenters. The van der Waals surface area contributed by atoms with Crippen LogP contribution >= 0.6 is 0 Å². The lowest BCUT2D eigenvalue weighted by Gasteiger charge is -2.39. The number of carbonyl (C=O) groups excluding carboxylic acids is 3. The summed E-state index contributed by atoms with van der Waals surface area (Å²) >= 11 is 0. The highest BCUT2D eigenvalue weighted by Crippen LogP contribution is 2.42. The van der Waals surface area contributed by atoms with Gasteiger partial charge >= 0.3 is 6.03 Å². The zero-order chi connectivity index (χ0) is 14.5. The minimum atomic E-state index is -3.20. The number of hydrogen-bond acceptors (Lipinski definition) is 5. The van der Waals surface area contributed by atoms with Gasteiger partial charge in [-0.1, -0.05) is 12.8 Å². The highest BCUT2D eigenvalue weighted by Gasteiger charge is 2.57. The first-order valence-corrected chi connectivity index (χ1v) is 8.57. The summed E-state index contributed by atoms with van der Waals surface area (Å²) in [5, 5.41) is 2.23. The fourth-order valence-corrected chi connectivity index (χ4v) is 5.13. The van der Waals surface area contributed by atoms with E-state index < -0.39 is 39.1 Å².